The largest absolute Gasteiger partial charge is 0.493 e. The van der Waals surface area contributed by atoms with Crippen molar-refractivity contribution in [2.45, 2.75) is 33.6 Å². The Morgan fingerprint density at radius 2 is 1.82 bits per heavy atom. The second-order valence-corrected chi connectivity index (χ2v) is 8.38. The third-order valence-corrected chi connectivity index (χ3v) is 5.85. The summed E-state index contributed by atoms with van der Waals surface area (Å²) < 4.78 is 11.1. The van der Waals surface area contributed by atoms with Crippen molar-refractivity contribution in [2.24, 2.45) is 0 Å². The molecular formula is C27H29NO4S. The molecule has 0 aliphatic rings. The minimum atomic E-state index is -0.455. The molecule has 6 heteroatoms. The summed E-state index contributed by atoms with van der Waals surface area (Å²) >= 11 is 1.30. The van der Waals surface area contributed by atoms with Crippen LogP contribution in [0.3, 0.4) is 0 Å². The molecule has 1 amide bonds. The molecule has 0 spiro atoms. The summed E-state index contributed by atoms with van der Waals surface area (Å²) in [5, 5.41) is 5.18. The fourth-order valence-corrected chi connectivity index (χ4v) is 4.16. The van der Waals surface area contributed by atoms with E-state index < -0.39 is 5.97 Å². The number of rotatable bonds is 10. The van der Waals surface area contributed by atoms with Gasteiger partial charge in [0.05, 0.1) is 13.2 Å². The van der Waals surface area contributed by atoms with Crippen molar-refractivity contribution in [3.8, 4) is 16.9 Å². The molecule has 1 N–H and O–H groups in total. The summed E-state index contributed by atoms with van der Waals surface area (Å²) in [4.78, 5) is 25.4. The zero-order valence-corrected chi connectivity index (χ0v) is 20.0. The Morgan fingerprint density at radius 3 is 2.55 bits per heavy atom. The van der Waals surface area contributed by atoms with Gasteiger partial charge in [0.15, 0.2) is 0 Å². The van der Waals surface area contributed by atoms with E-state index in [4.69, 9.17) is 9.47 Å². The molecule has 0 fully saturated rings. The second kappa shape index (κ2) is 12.0. The Hall–Kier alpha value is -3.38. The van der Waals surface area contributed by atoms with Gasteiger partial charge in [-0.05, 0) is 38.0 Å². The van der Waals surface area contributed by atoms with E-state index in [0.717, 1.165) is 40.8 Å². The monoisotopic (exact) mass is 463 g/mol. The van der Waals surface area contributed by atoms with Crippen LogP contribution >= 0.6 is 11.3 Å². The number of para-hydroxylation sites is 1. The highest BCUT2D eigenvalue weighted by Gasteiger charge is 2.22. The van der Waals surface area contributed by atoms with Crippen LogP contribution in [0, 0.1) is 6.92 Å². The van der Waals surface area contributed by atoms with E-state index >= 15 is 0 Å². The predicted octanol–water partition coefficient (Wildman–Crippen LogP) is 6.73. The Balaban J connectivity index is 1.81. The van der Waals surface area contributed by atoms with Gasteiger partial charge in [0.25, 0.3) is 0 Å². The SMILES string of the molecule is CCCCOc1ccccc1C=CC(=O)Nc1scc(-c2ccc(C)cc2)c1C(=O)OCC. The number of ether oxygens (including phenoxy) is 2. The summed E-state index contributed by atoms with van der Waals surface area (Å²) in [5.41, 5.74) is 3.96. The van der Waals surface area contributed by atoms with Crippen molar-refractivity contribution in [1.82, 2.24) is 0 Å². The number of thiophene rings is 1. The first kappa shape index (κ1) is 24.3. The second-order valence-electron chi connectivity index (χ2n) is 7.50. The van der Waals surface area contributed by atoms with Gasteiger partial charge in [-0.25, -0.2) is 4.79 Å². The molecule has 0 saturated carbocycles. The molecule has 2 aromatic carbocycles. The third kappa shape index (κ3) is 6.56. The highest BCUT2D eigenvalue weighted by atomic mass is 32.1. The van der Waals surface area contributed by atoms with Crippen molar-refractivity contribution < 1.29 is 19.1 Å². The molecule has 33 heavy (non-hydrogen) atoms. The summed E-state index contributed by atoms with van der Waals surface area (Å²) in [7, 11) is 0. The van der Waals surface area contributed by atoms with Crippen LogP contribution in [0.1, 0.15) is 48.2 Å². The lowest BCUT2D eigenvalue weighted by Crippen LogP contribution is -2.12. The number of aryl methyl sites for hydroxylation is 1. The first-order valence-electron chi connectivity index (χ1n) is 11.1. The summed E-state index contributed by atoms with van der Waals surface area (Å²) in [6.45, 7) is 6.77. The van der Waals surface area contributed by atoms with Gasteiger partial charge in [-0.15, -0.1) is 11.3 Å². The van der Waals surface area contributed by atoms with Crippen LogP contribution in [0.2, 0.25) is 0 Å². The smallest absolute Gasteiger partial charge is 0.341 e. The third-order valence-electron chi connectivity index (χ3n) is 4.96. The number of anilines is 1. The minimum Gasteiger partial charge on any atom is -0.493 e. The van der Waals surface area contributed by atoms with E-state index in [2.05, 4.69) is 12.2 Å². The van der Waals surface area contributed by atoms with Crippen LogP contribution < -0.4 is 10.1 Å². The van der Waals surface area contributed by atoms with E-state index in [1.54, 1.807) is 13.0 Å². The minimum absolute atomic E-state index is 0.254. The first-order valence-corrected chi connectivity index (χ1v) is 12.0. The molecule has 172 valence electrons. The predicted molar refractivity (Wildman–Crippen MR) is 135 cm³/mol. The number of carbonyl (C=O) groups excluding carboxylic acids is 2. The van der Waals surface area contributed by atoms with Crippen LogP contribution in [0.4, 0.5) is 5.00 Å². The Labute approximate surface area is 199 Å². The van der Waals surface area contributed by atoms with Gasteiger partial charge in [-0.2, -0.15) is 0 Å². The van der Waals surface area contributed by atoms with Crippen LogP contribution in [0.15, 0.2) is 60.0 Å². The molecule has 0 atom stereocenters. The lowest BCUT2D eigenvalue weighted by molar-refractivity contribution is -0.111. The summed E-state index contributed by atoms with van der Waals surface area (Å²) in [5.74, 6) is -0.0514. The zero-order valence-electron chi connectivity index (χ0n) is 19.2. The average Bonchev–Trinajstić information content (AvgIpc) is 3.22. The molecule has 0 unspecified atom stereocenters. The standard InChI is InChI=1S/C27H29NO4S/c1-4-6-17-32-23-10-8-7-9-21(23)15-16-24(29)28-26-25(27(30)31-5-2)22(18-33-26)20-13-11-19(3)12-14-20/h7-16,18H,4-6,17H2,1-3H3,(H,28,29). The van der Waals surface area contributed by atoms with E-state index in [1.807, 2.05) is 60.8 Å². The van der Waals surface area contributed by atoms with Crippen molar-refractivity contribution in [2.75, 3.05) is 18.5 Å². The normalized spacial score (nSPS) is 10.9. The van der Waals surface area contributed by atoms with E-state index in [9.17, 15) is 9.59 Å². The number of carbonyl (C=O) groups is 2. The molecule has 1 aromatic heterocycles. The zero-order chi connectivity index (χ0) is 23.6. The number of esters is 1. The molecule has 0 bridgehead atoms. The molecular weight excluding hydrogens is 434 g/mol. The number of hydrogen-bond acceptors (Lipinski definition) is 5. The molecule has 1 heterocycles. The Bertz CT molecular complexity index is 1120. The quantitative estimate of drug-likeness (QED) is 0.206. The van der Waals surface area contributed by atoms with Crippen LogP contribution in [-0.2, 0) is 9.53 Å². The van der Waals surface area contributed by atoms with Gasteiger partial charge in [0.2, 0.25) is 5.91 Å². The fourth-order valence-electron chi connectivity index (χ4n) is 3.20. The van der Waals surface area contributed by atoms with E-state index in [-0.39, 0.29) is 12.5 Å². The molecule has 0 aliphatic carbocycles. The lowest BCUT2D eigenvalue weighted by Gasteiger charge is -2.09. The Morgan fingerprint density at radius 1 is 1.06 bits per heavy atom. The van der Waals surface area contributed by atoms with Gasteiger partial charge in [0, 0.05) is 22.6 Å². The average molecular weight is 464 g/mol. The molecule has 5 nitrogen and oxygen atoms in total. The highest BCUT2D eigenvalue weighted by Crippen LogP contribution is 2.36. The maximum absolute atomic E-state index is 12.7. The van der Waals surface area contributed by atoms with Crippen molar-refractivity contribution in [3.05, 3.63) is 76.7 Å². The fraction of sp³-hybridized carbons (Fsp3) is 0.259. The number of amides is 1. The molecule has 0 radical (unpaired) electrons. The highest BCUT2D eigenvalue weighted by molar-refractivity contribution is 7.15. The number of hydrogen-bond donors (Lipinski definition) is 1. The van der Waals surface area contributed by atoms with E-state index in [0.29, 0.717) is 17.2 Å². The molecule has 3 rings (SSSR count). The van der Waals surface area contributed by atoms with Gasteiger partial charge in [0.1, 0.15) is 16.3 Å². The van der Waals surface area contributed by atoms with E-state index in [1.165, 1.54) is 17.4 Å². The Kier molecular flexibility index (Phi) is 8.84. The van der Waals surface area contributed by atoms with Crippen molar-refractivity contribution in [1.29, 1.82) is 0 Å². The molecule has 0 saturated heterocycles. The van der Waals surface area contributed by atoms with Gasteiger partial charge < -0.3 is 14.8 Å². The van der Waals surface area contributed by atoms with Crippen molar-refractivity contribution >= 4 is 34.3 Å². The topological polar surface area (TPSA) is 64.6 Å². The number of nitrogens with one attached hydrogen (secondary N) is 1. The van der Waals surface area contributed by atoms with Crippen molar-refractivity contribution in [3.63, 3.8) is 0 Å². The molecule has 3 aromatic rings. The van der Waals surface area contributed by atoms with Crippen LogP contribution in [0.5, 0.6) is 5.75 Å². The number of benzene rings is 2. The first-order chi connectivity index (χ1) is 16.0. The summed E-state index contributed by atoms with van der Waals surface area (Å²) in [6, 6.07) is 15.5. The van der Waals surface area contributed by atoms with Gasteiger partial charge in [-0.1, -0.05) is 61.4 Å². The van der Waals surface area contributed by atoms with Gasteiger partial charge in [-0.3, -0.25) is 4.79 Å². The maximum Gasteiger partial charge on any atom is 0.341 e. The summed E-state index contributed by atoms with van der Waals surface area (Å²) in [6.07, 6.45) is 5.18. The van der Waals surface area contributed by atoms with Crippen LogP contribution in [0.25, 0.3) is 17.2 Å². The molecule has 0 aliphatic heterocycles. The van der Waals surface area contributed by atoms with Gasteiger partial charge >= 0.3 is 5.97 Å². The van der Waals surface area contributed by atoms with Crippen LogP contribution in [-0.4, -0.2) is 25.1 Å². The lowest BCUT2D eigenvalue weighted by atomic mass is 10.0. The number of unbranched alkanes of at least 4 members (excludes halogenated alkanes) is 1. The maximum atomic E-state index is 12.7.